The number of pyridine rings is 1. The van der Waals surface area contributed by atoms with Gasteiger partial charge < -0.3 is 15.8 Å². The number of amides is 1. The Balaban J connectivity index is 1.95. The molecule has 1 heterocycles. The Kier molecular flexibility index (Phi) is 4.84. The summed E-state index contributed by atoms with van der Waals surface area (Å²) in [6.45, 7) is 0.418. The van der Waals surface area contributed by atoms with Crippen LogP contribution in [0.15, 0.2) is 42.6 Å². The summed E-state index contributed by atoms with van der Waals surface area (Å²) in [6.07, 6.45) is 1.49. The Labute approximate surface area is 128 Å². The van der Waals surface area contributed by atoms with Gasteiger partial charge in [0.1, 0.15) is 16.4 Å². The van der Waals surface area contributed by atoms with Crippen LogP contribution in [0, 0.1) is 0 Å². The molecule has 0 saturated carbocycles. The second-order valence-electron chi connectivity index (χ2n) is 4.33. The molecule has 0 atom stereocenters. The van der Waals surface area contributed by atoms with Gasteiger partial charge >= 0.3 is 0 Å². The second-order valence-corrected chi connectivity index (χ2v) is 4.77. The van der Waals surface area contributed by atoms with Crippen LogP contribution in [0.3, 0.4) is 0 Å². The zero-order valence-electron chi connectivity index (χ0n) is 11.5. The summed E-state index contributed by atoms with van der Waals surface area (Å²) in [5.41, 5.74) is 7.41. The topological polar surface area (TPSA) is 77.2 Å². The van der Waals surface area contributed by atoms with Gasteiger partial charge in [-0.3, -0.25) is 9.78 Å². The van der Waals surface area contributed by atoms with Gasteiger partial charge in [-0.05, 0) is 29.8 Å². The number of hydrogen-bond donors (Lipinski definition) is 2. The Bertz CT molecular complexity index is 639. The fraction of sp³-hybridized carbons (Fsp3) is 0.133. The summed E-state index contributed by atoms with van der Waals surface area (Å²) < 4.78 is 5.08. The van der Waals surface area contributed by atoms with E-state index in [1.807, 2.05) is 24.3 Å². The third-order valence-electron chi connectivity index (χ3n) is 2.89. The predicted molar refractivity (Wildman–Crippen MR) is 84.3 cm³/mol. The number of nitrogens with two attached hydrogens (primary N) is 1. The number of ether oxygens (including phenoxy) is 1. The number of nitrogens with one attached hydrogen (secondary N) is 1. The maximum atomic E-state index is 12.0. The van der Waals surface area contributed by atoms with Gasteiger partial charge in [-0.25, -0.2) is 0 Å². The molecule has 0 saturated heterocycles. The number of thiocarbonyl (C=S) groups is 1. The molecule has 108 valence electrons. The van der Waals surface area contributed by atoms with E-state index in [-0.39, 0.29) is 10.9 Å². The highest BCUT2D eigenvalue weighted by molar-refractivity contribution is 7.80. The molecule has 0 aliphatic rings. The molecule has 1 aromatic carbocycles. The molecule has 5 nitrogen and oxygen atoms in total. The van der Waals surface area contributed by atoms with Crippen molar-refractivity contribution in [2.45, 2.75) is 6.54 Å². The van der Waals surface area contributed by atoms with E-state index in [0.29, 0.717) is 17.8 Å². The largest absolute Gasteiger partial charge is 0.497 e. The first-order valence-electron chi connectivity index (χ1n) is 6.27. The van der Waals surface area contributed by atoms with Crippen LogP contribution in [0.5, 0.6) is 5.75 Å². The number of benzene rings is 1. The summed E-state index contributed by atoms with van der Waals surface area (Å²) in [5, 5.41) is 2.80. The third-order valence-corrected chi connectivity index (χ3v) is 3.13. The first-order chi connectivity index (χ1) is 10.1. The lowest BCUT2D eigenvalue weighted by molar-refractivity contribution is 0.0946. The average Bonchev–Trinajstić information content (AvgIpc) is 2.53. The Morgan fingerprint density at radius 2 is 2.00 bits per heavy atom. The first-order valence-corrected chi connectivity index (χ1v) is 6.68. The second kappa shape index (κ2) is 6.81. The van der Waals surface area contributed by atoms with Crippen LogP contribution >= 0.6 is 12.2 Å². The fourth-order valence-electron chi connectivity index (χ4n) is 1.69. The summed E-state index contributed by atoms with van der Waals surface area (Å²) in [7, 11) is 1.61. The SMILES string of the molecule is COc1ccc(CNC(=O)c2ccc(C(N)=S)cn2)cc1. The van der Waals surface area contributed by atoms with Gasteiger partial charge in [0.05, 0.1) is 7.11 Å². The molecule has 2 rings (SSSR count). The van der Waals surface area contributed by atoms with Crippen molar-refractivity contribution in [2.24, 2.45) is 5.73 Å². The van der Waals surface area contributed by atoms with Gasteiger partial charge in [0.15, 0.2) is 0 Å². The van der Waals surface area contributed by atoms with Gasteiger partial charge in [-0.2, -0.15) is 0 Å². The van der Waals surface area contributed by atoms with Gasteiger partial charge in [0.25, 0.3) is 5.91 Å². The molecule has 3 N–H and O–H groups in total. The molecule has 0 bridgehead atoms. The van der Waals surface area contributed by atoms with Crippen LogP contribution in [-0.4, -0.2) is 23.0 Å². The highest BCUT2D eigenvalue weighted by Crippen LogP contribution is 2.11. The van der Waals surface area contributed by atoms with Crippen molar-refractivity contribution < 1.29 is 9.53 Å². The van der Waals surface area contributed by atoms with Gasteiger partial charge in [0.2, 0.25) is 0 Å². The van der Waals surface area contributed by atoms with Crippen molar-refractivity contribution in [1.82, 2.24) is 10.3 Å². The maximum absolute atomic E-state index is 12.0. The van der Waals surface area contributed by atoms with Crippen molar-refractivity contribution >= 4 is 23.1 Å². The number of carbonyl (C=O) groups is 1. The van der Waals surface area contributed by atoms with Crippen molar-refractivity contribution in [1.29, 1.82) is 0 Å². The fourth-order valence-corrected chi connectivity index (χ4v) is 1.81. The molecule has 0 aliphatic heterocycles. The number of aromatic nitrogens is 1. The minimum Gasteiger partial charge on any atom is -0.497 e. The normalized spacial score (nSPS) is 9.95. The van der Waals surface area contributed by atoms with E-state index < -0.39 is 0 Å². The van der Waals surface area contributed by atoms with Crippen molar-refractivity contribution in [2.75, 3.05) is 7.11 Å². The minimum absolute atomic E-state index is 0.250. The molecule has 0 unspecified atom stereocenters. The third kappa shape index (κ3) is 4.00. The molecule has 0 spiro atoms. The van der Waals surface area contributed by atoms with Crippen molar-refractivity contribution in [3.63, 3.8) is 0 Å². The number of methoxy groups -OCH3 is 1. The zero-order valence-corrected chi connectivity index (χ0v) is 12.3. The molecule has 6 heteroatoms. The Morgan fingerprint density at radius 3 is 2.52 bits per heavy atom. The van der Waals surface area contributed by atoms with Gasteiger partial charge in [0, 0.05) is 18.3 Å². The van der Waals surface area contributed by atoms with Crippen LogP contribution in [0.2, 0.25) is 0 Å². The van der Waals surface area contributed by atoms with Crippen LogP contribution in [-0.2, 0) is 6.54 Å². The molecule has 0 fully saturated rings. The minimum atomic E-state index is -0.250. The molecule has 1 aromatic heterocycles. The summed E-state index contributed by atoms with van der Waals surface area (Å²) in [5.74, 6) is 0.528. The lowest BCUT2D eigenvalue weighted by Crippen LogP contribution is -2.24. The Morgan fingerprint density at radius 1 is 1.29 bits per heavy atom. The van der Waals surface area contributed by atoms with E-state index in [4.69, 9.17) is 22.7 Å². The number of rotatable bonds is 5. The highest BCUT2D eigenvalue weighted by Gasteiger charge is 2.07. The maximum Gasteiger partial charge on any atom is 0.270 e. The summed E-state index contributed by atoms with van der Waals surface area (Å²) in [4.78, 5) is 16.3. The van der Waals surface area contributed by atoms with Crippen LogP contribution < -0.4 is 15.8 Å². The average molecular weight is 301 g/mol. The lowest BCUT2D eigenvalue weighted by Gasteiger charge is -2.06. The van der Waals surface area contributed by atoms with Crippen LogP contribution in [0.25, 0.3) is 0 Å². The van der Waals surface area contributed by atoms with Crippen molar-refractivity contribution in [3.05, 3.63) is 59.4 Å². The van der Waals surface area contributed by atoms with E-state index in [1.54, 1.807) is 19.2 Å². The smallest absolute Gasteiger partial charge is 0.270 e. The van der Waals surface area contributed by atoms with E-state index in [0.717, 1.165) is 11.3 Å². The quantitative estimate of drug-likeness (QED) is 0.821. The monoisotopic (exact) mass is 301 g/mol. The Hall–Kier alpha value is -2.47. The van der Waals surface area contributed by atoms with Crippen LogP contribution in [0.1, 0.15) is 21.6 Å². The first kappa shape index (κ1) is 14.9. The van der Waals surface area contributed by atoms with E-state index >= 15 is 0 Å². The van der Waals surface area contributed by atoms with Crippen molar-refractivity contribution in [3.8, 4) is 5.75 Å². The molecule has 0 radical (unpaired) electrons. The standard InChI is InChI=1S/C15H15N3O2S/c1-20-12-5-2-10(3-6-12)8-18-15(19)13-7-4-11(9-17-13)14(16)21/h2-7,9H,8H2,1H3,(H2,16,21)(H,18,19). The zero-order chi connectivity index (χ0) is 15.2. The molecular weight excluding hydrogens is 286 g/mol. The summed E-state index contributed by atoms with van der Waals surface area (Å²) in [6, 6.07) is 10.7. The lowest BCUT2D eigenvalue weighted by atomic mass is 10.2. The summed E-state index contributed by atoms with van der Waals surface area (Å²) >= 11 is 4.83. The number of nitrogens with zero attached hydrogens (tertiary/aromatic N) is 1. The molecular formula is C15H15N3O2S. The van der Waals surface area contributed by atoms with E-state index in [1.165, 1.54) is 6.20 Å². The molecule has 2 aromatic rings. The molecule has 1 amide bonds. The van der Waals surface area contributed by atoms with Crippen LogP contribution in [0.4, 0.5) is 0 Å². The van der Waals surface area contributed by atoms with Gasteiger partial charge in [-0.1, -0.05) is 24.4 Å². The number of hydrogen-bond acceptors (Lipinski definition) is 4. The number of carbonyl (C=O) groups excluding carboxylic acids is 1. The molecule has 21 heavy (non-hydrogen) atoms. The predicted octanol–water partition coefficient (Wildman–Crippen LogP) is 1.65. The molecule has 0 aliphatic carbocycles. The van der Waals surface area contributed by atoms with E-state index in [2.05, 4.69) is 10.3 Å². The van der Waals surface area contributed by atoms with E-state index in [9.17, 15) is 4.79 Å². The van der Waals surface area contributed by atoms with Gasteiger partial charge in [-0.15, -0.1) is 0 Å². The highest BCUT2D eigenvalue weighted by atomic mass is 32.1.